The summed E-state index contributed by atoms with van der Waals surface area (Å²) in [4.78, 5) is 24.6. The molecule has 2 amide bonds. The zero-order valence-electron chi connectivity index (χ0n) is 17.0. The zero-order valence-corrected chi connectivity index (χ0v) is 19.4. The van der Waals surface area contributed by atoms with Gasteiger partial charge in [0.1, 0.15) is 11.5 Å². The van der Waals surface area contributed by atoms with Gasteiger partial charge < -0.3 is 9.47 Å². The second-order valence-corrected chi connectivity index (χ2v) is 8.03. The largest absolute Gasteiger partial charge is 0.496 e. The van der Waals surface area contributed by atoms with Crippen LogP contribution in [0.4, 0.5) is 0 Å². The standard InChI is InChI=1S/C21H24BrN3O4S/c1-13(2)9-10-29-16-6-4-5-14(11-16)19(26)23-21(30)25-24-20(27)15-7-8-18(28-3)17(22)12-15/h4-8,11-13H,9-10H2,1-3H3,(H,24,27)(H2,23,25,26,30). The van der Waals surface area contributed by atoms with E-state index < -0.39 is 11.8 Å². The van der Waals surface area contributed by atoms with Gasteiger partial charge in [-0.05, 0) is 76.9 Å². The Kier molecular flexibility index (Phi) is 9.07. The van der Waals surface area contributed by atoms with Gasteiger partial charge in [0.2, 0.25) is 0 Å². The van der Waals surface area contributed by atoms with Crippen LogP contribution in [0.25, 0.3) is 0 Å². The molecule has 0 saturated heterocycles. The van der Waals surface area contributed by atoms with Gasteiger partial charge in [-0.3, -0.25) is 25.8 Å². The molecule has 2 aromatic rings. The molecule has 0 aliphatic carbocycles. The van der Waals surface area contributed by atoms with Crippen molar-refractivity contribution in [3.8, 4) is 11.5 Å². The topological polar surface area (TPSA) is 88.7 Å². The predicted octanol–water partition coefficient (Wildman–Crippen LogP) is 3.83. The van der Waals surface area contributed by atoms with Crippen molar-refractivity contribution >= 4 is 45.1 Å². The molecular formula is C21H24BrN3O4S. The van der Waals surface area contributed by atoms with Gasteiger partial charge >= 0.3 is 0 Å². The molecule has 0 heterocycles. The van der Waals surface area contributed by atoms with E-state index in [2.05, 4.69) is 45.9 Å². The molecule has 0 saturated carbocycles. The fourth-order valence-corrected chi connectivity index (χ4v) is 3.02. The Labute approximate surface area is 189 Å². The number of ether oxygens (including phenoxy) is 2. The highest BCUT2D eigenvalue weighted by Gasteiger charge is 2.12. The molecule has 30 heavy (non-hydrogen) atoms. The fraction of sp³-hybridized carbons (Fsp3) is 0.286. The third-order valence-corrected chi connectivity index (χ3v) is 4.81. The molecule has 0 fully saturated rings. The number of carbonyl (C=O) groups is 2. The minimum absolute atomic E-state index is 0.0351. The van der Waals surface area contributed by atoms with Crippen molar-refractivity contribution in [3.05, 3.63) is 58.1 Å². The van der Waals surface area contributed by atoms with Crippen molar-refractivity contribution in [2.45, 2.75) is 20.3 Å². The summed E-state index contributed by atoms with van der Waals surface area (Å²) in [6.45, 7) is 4.82. The zero-order chi connectivity index (χ0) is 22.1. The summed E-state index contributed by atoms with van der Waals surface area (Å²) in [7, 11) is 1.54. The van der Waals surface area contributed by atoms with Crippen molar-refractivity contribution in [2.75, 3.05) is 13.7 Å². The van der Waals surface area contributed by atoms with Gasteiger partial charge in [-0.15, -0.1) is 0 Å². The predicted molar refractivity (Wildman–Crippen MR) is 123 cm³/mol. The van der Waals surface area contributed by atoms with E-state index in [1.54, 1.807) is 42.5 Å². The Morgan fingerprint density at radius 3 is 2.47 bits per heavy atom. The van der Waals surface area contributed by atoms with E-state index in [0.717, 1.165) is 6.42 Å². The molecule has 9 heteroatoms. The van der Waals surface area contributed by atoms with E-state index in [0.29, 0.717) is 39.6 Å². The van der Waals surface area contributed by atoms with Crippen molar-refractivity contribution in [3.63, 3.8) is 0 Å². The number of amides is 2. The van der Waals surface area contributed by atoms with Gasteiger partial charge in [-0.2, -0.15) is 0 Å². The van der Waals surface area contributed by atoms with Crippen LogP contribution in [-0.2, 0) is 0 Å². The highest BCUT2D eigenvalue weighted by Crippen LogP contribution is 2.25. The maximum absolute atomic E-state index is 12.4. The molecule has 0 bridgehead atoms. The number of hydrogen-bond acceptors (Lipinski definition) is 5. The molecule has 0 aliphatic heterocycles. The molecule has 160 valence electrons. The maximum Gasteiger partial charge on any atom is 0.269 e. The van der Waals surface area contributed by atoms with Crippen LogP contribution in [0, 0.1) is 5.92 Å². The fourth-order valence-electron chi connectivity index (χ4n) is 2.34. The molecule has 0 aromatic heterocycles. The number of hydrogen-bond donors (Lipinski definition) is 3. The summed E-state index contributed by atoms with van der Waals surface area (Å²) < 4.78 is 11.4. The lowest BCUT2D eigenvalue weighted by Gasteiger charge is -2.12. The van der Waals surface area contributed by atoms with Gasteiger partial charge in [-0.1, -0.05) is 19.9 Å². The Morgan fingerprint density at radius 1 is 1.07 bits per heavy atom. The molecule has 7 nitrogen and oxygen atoms in total. The highest BCUT2D eigenvalue weighted by atomic mass is 79.9. The van der Waals surface area contributed by atoms with Crippen LogP contribution < -0.4 is 25.6 Å². The number of nitrogens with one attached hydrogen (secondary N) is 3. The third kappa shape index (κ3) is 7.31. The highest BCUT2D eigenvalue weighted by molar-refractivity contribution is 9.10. The molecular weight excluding hydrogens is 470 g/mol. The van der Waals surface area contributed by atoms with Crippen LogP contribution in [0.1, 0.15) is 41.0 Å². The number of carbonyl (C=O) groups excluding carboxylic acids is 2. The van der Waals surface area contributed by atoms with Crippen molar-refractivity contribution in [1.82, 2.24) is 16.2 Å². The Bertz CT molecular complexity index is 921. The molecule has 0 aliphatic rings. The van der Waals surface area contributed by atoms with E-state index >= 15 is 0 Å². The molecule has 3 N–H and O–H groups in total. The number of halogens is 1. The summed E-state index contributed by atoms with van der Waals surface area (Å²) >= 11 is 8.40. The number of benzene rings is 2. The lowest BCUT2D eigenvalue weighted by atomic mass is 10.1. The number of rotatable bonds is 7. The quantitative estimate of drug-likeness (QED) is 0.401. The van der Waals surface area contributed by atoms with Crippen molar-refractivity contribution in [2.24, 2.45) is 5.92 Å². The molecule has 2 rings (SSSR count). The molecule has 0 radical (unpaired) electrons. The van der Waals surface area contributed by atoms with E-state index in [1.165, 1.54) is 7.11 Å². The summed E-state index contributed by atoms with van der Waals surface area (Å²) in [6, 6.07) is 11.7. The van der Waals surface area contributed by atoms with E-state index in [-0.39, 0.29) is 5.11 Å². The van der Waals surface area contributed by atoms with E-state index in [9.17, 15) is 9.59 Å². The number of thiocarbonyl (C=S) groups is 1. The summed E-state index contributed by atoms with van der Waals surface area (Å²) in [6.07, 6.45) is 0.925. The van der Waals surface area contributed by atoms with Crippen LogP contribution in [-0.4, -0.2) is 30.6 Å². The van der Waals surface area contributed by atoms with Crippen LogP contribution in [0.2, 0.25) is 0 Å². The molecule has 2 aromatic carbocycles. The monoisotopic (exact) mass is 493 g/mol. The summed E-state index contributed by atoms with van der Waals surface area (Å²) in [5.41, 5.74) is 5.73. The van der Waals surface area contributed by atoms with Gasteiger partial charge in [0.25, 0.3) is 11.8 Å². The van der Waals surface area contributed by atoms with E-state index in [4.69, 9.17) is 21.7 Å². The SMILES string of the molecule is COc1ccc(C(=O)NNC(=S)NC(=O)c2cccc(OCCC(C)C)c2)cc1Br. The first-order valence-corrected chi connectivity index (χ1v) is 10.5. The molecule has 0 atom stereocenters. The normalized spacial score (nSPS) is 10.3. The second-order valence-electron chi connectivity index (χ2n) is 6.77. The first kappa shape index (κ1) is 23.6. The van der Waals surface area contributed by atoms with Crippen LogP contribution >= 0.6 is 28.1 Å². The average Bonchev–Trinajstić information content (AvgIpc) is 2.71. The second kappa shape index (κ2) is 11.5. The van der Waals surface area contributed by atoms with Crippen molar-refractivity contribution < 1.29 is 19.1 Å². The Hall–Kier alpha value is -2.65. The van der Waals surface area contributed by atoms with Crippen LogP contribution in [0.5, 0.6) is 11.5 Å². The summed E-state index contributed by atoms with van der Waals surface area (Å²) in [5, 5.41) is 2.48. The number of hydrazine groups is 1. The minimum Gasteiger partial charge on any atom is -0.496 e. The average molecular weight is 494 g/mol. The smallest absolute Gasteiger partial charge is 0.269 e. The van der Waals surface area contributed by atoms with Gasteiger partial charge in [0.15, 0.2) is 5.11 Å². The van der Waals surface area contributed by atoms with Crippen molar-refractivity contribution in [1.29, 1.82) is 0 Å². The number of methoxy groups -OCH3 is 1. The van der Waals surface area contributed by atoms with Crippen LogP contribution in [0.3, 0.4) is 0 Å². The van der Waals surface area contributed by atoms with Gasteiger partial charge in [0, 0.05) is 11.1 Å². The lowest BCUT2D eigenvalue weighted by Crippen LogP contribution is -2.48. The first-order chi connectivity index (χ1) is 14.3. The summed E-state index contributed by atoms with van der Waals surface area (Å²) in [5.74, 6) is 0.922. The maximum atomic E-state index is 12.4. The minimum atomic E-state index is -0.421. The molecule has 0 spiro atoms. The van der Waals surface area contributed by atoms with E-state index in [1.807, 2.05) is 0 Å². The first-order valence-electron chi connectivity index (χ1n) is 9.28. The molecule has 0 unspecified atom stereocenters. The van der Waals surface area contributed by atoms with Crippen LogP contribution in [0.15, 0.2) is 46.9 Å². The van der Waals surface area contributed by atoms with Gasteiger partial charge in [-0.25, -0.2) is 0 Å². The van der Waals surface area contributed by atoms with Gasteiger partial charge in [0.05, 0.1) is 18.2 Å². The lowest BCUT2D eigenvalue weighted by molar-refractivity contribution is 0.0934. The Morgan fingerprint density at radius 2 is 1.80 bits per heavy atom. The Balaban J connectivity index is 1.86. The third-order valence-electron chi connectivity index (χ3n) is 3.99.